The summed E-state index contributed by atoms with van der Waals surface area (Å²) in [7, 11) is 1.65. The number of benzene rings is 1. The van der Waals surface area contributed by atoms with Crippen LogP contribution in [-0.4, -0.2) is 42.5 Å². The van der Waals surface area contributed by atoms with Gasteiger partial charge in [0.2, 0.25) is 0 Å². The number of furan rings is 1. The lowest BCUT2D eigenvalue weighted by molar-refractivity contribution is 0.0626. The van der Waals surface area contributed by atoms with Crippen molar-refractivity contribution in [3.63, 3.8) is 0 Å². The summed E-state index contributed by atoms with van der Waals surface area (Å²) in [6.07, 6.45) is 3.24. The zero-order valence-electron chi connectivity index (χ0n) is 14.3. The van der Waals surface area contributed by atoms with Crippen molar-refractivity contribution in [2.24, 2.45) is 0 Å². The highest BCUT2D eigenvalue weighted by Crippen LogP contribution is 2.32. The third-order valence-corrected chi connectivity index (χ3v) is 5.38. The number of thiazole rings is 1. The molecule has 1 aliphatic heterocycles. The van der Waals surface area contributed by atoms with Crippen LogP contribution in [0.3, 0.4) is 0 Å². The van der Waals surface area contributed by atoms with Crippen LogP contribution in [0.1, 0.15) is 22.1 Å². The van der Waals surface area contributed by atoms with Crippen LogP contribution in [0, 0.1) is 0 Å². The van der Waals surface area contributed by atoms with Crippen LogP contribution < -0.4 is 10.1 Å². The molecule has 1 aliphatic rings. The van der Waals surface area contributed by atoms with Gasteiger partial charge < -0.3 is 19.4 Å². The number of para-hydroxylation sites is 1. The standard InChI is InChI=1S/C19H19N3O3S/c1-24-17-5-3-2-4-14(17)16-10-20-7-8-22(16)19(23)15-12-26-18(21-15)13-6-9-25-11-13/h2-6,9,11-12,16,20H,7-8,10H2,1H3. The lowest BCUT2D eigenvalue weighted by Crippen LogP contribution is -2.48. The number of nitrogens with one attached hydrogen (secondary N) is 1. The fraction of sp³-hybridized carbons (Fsp3) is 0.263. The number of amides is 1. The van der Waals surface area contributed by atoms with Crippen LogP contribution in [0.4, 0.5) is 0 Å². The molecule has 134 valence electrons. The van der Waals surface area contributed by atoms with Crippen molar-refractivity contribution < 1.29 is 13.9 Å². The van der Waals surface area contributed by atoms with Gasteiger partial charge in [0.05, 0.1) is 19.4 Å². The van der Waals surface area contributed by atoms with Gasteiger partial charge in [-0.15, -0.1) is 11.3 Å². The second kappa shape index (κ2) is 7.31. The lowest BCUT2D eigenvalue weighted by Gasteiger charge is -2.36. The summed E-state index contributed by atoms with van der Waals surface area (Å²) >= 11 is 1.45. The number of hydrogen-bond acceptors (Lipinski definition) is 6. The second-order valence-electron chi connectivity index (χ2n) is 6.01. The summed E-state index contributed by atoms with van der Waals surface area (Å²) in [4.78, 5) is 19.5. The molecular weight excluding hydrogens is 350 g/mol. The first-order valence-electron chi connectivity index (χ1n) is 8.40. The van der Waals surface area contributed by atoms with Crippen LogP contribution >= 0.6 is 11.3 Å². The Morgan fingerprint density at radius 1 is 1.38 bits per heavy atom. The molecular formula is C19H19N3O3S. The van der Waals surface area contributed by atoms with Gasteiger partial charge in [-0.05, 0) is 12.1 Å². The van der Waals surface area contributed by atoms with E-state index in [4.69, 9.17) is 9.15 Å². The maximum atomic E-state index is 13.1. The molecule has 1 saturated heterocycles. The minimum absolute atomic E-state index is 0.0617. The number of carbonyl (C=O) groups is 1. The van der Waals surface area contributed by atoms with Crippen molar-refractivity contribution in [1.82, 2.24) is 15.2 Å². The summed E-state index contributed by atoms with van der Waals surface area (Å²) in [6.45, 7) is 2.07. The van der Waals surface area contributed by atoms with E-state index in [1.54, 1.807) is 19.6 Å². The number of piperazine rings is 1. The minimum atomic E-state index is -0.0912. The van der Waals surface area contributed by atoms with E-state index >= 15 is 0 Å². The van der Waals surface area contributed by atoms with Gasteiger partial charge in [0.1, 0.15) is 22.7 Å². The molecule has 1 atom stereocenters. The Kier molecular flexibility index (Phi) is 4.73. The summed E-state index contributed by atoms with van der Waals surface area (Å²) in [5.74, 6) is 0.727. The molecule has 4 rings (SSSR count). The van der Waals surface area contributed by atoms with Gasteiger partial charge in [0.15, 0.2) is 0 Å². The number of rotatable bonds is 4. The number of ether oxygens (including phenoxy) is 1. The summed E-state index contributed by atoms with van der Waals surface area (Å²) < 4.78 is 10.6. The monoisotopic (exact) mass is 369 g/mol. The summed E-state index contributed by atoms with van der Waals surface area (Å²) in [5, 5.41) is 5.96. The molecule has 0 aliphatic carbocycles. The smallest absolute Gasteiger partial charge is 0.273 e. The van der Waals surface area contributed by atoms with Gasteiger partial charge >= 0.3 is 0 Å². The first kappa shape index (κ1) is 16.8. The maximum absolute atomic E-state index is 13.1. The van der Waals surface area contributed by atoms with E-state index in [1.165, 1.54) is 11.3 Å². The van der Waals surface area contributed by atoms with Crippen LogP contribution in [0.5, 0.6) is 5.75 Å². The normalized spacial score (nSPS) is 17.3. The van der Waals surface area contributed by atoms with E-state index < -0.39 is 0 Å². The highest BCUT2D eigenvalue weighted by Gasteiger charge is 2.31. The Hall–Kier alpha value is -2.64. The van der Waals surface area contributed by atoms with Gasteiger partial charge in [-0.2, -0.15) is 0 Å². The first-order valence-corrected chi connectivity index (χ1v) is 9.28. The molecule has 1 fully saturated rings. The molecule has 7 heteroatoms. The molecule has 0 radical (unpaired) electrons. The number of nitrogens with zero attached hydrogens (tertiary/aromatic N) is 2. The second-order valence-corrected chi connectivity index (χ2v) is 6.87. The van der Waals surface area contributed by atoms with Crippen LogP contribution in [0.15, 0.2) is 52.7 Å². The zero-order valence-corrected chi connectivity index (χ0v) is 15.2. The van der Waals surface area contributed by atoms with Gasteiger partial charge in [0.25, 0.3) is 5.91 Å². The third-order valence-electron chi connectivity index (χ3n) is 4.49. The molecule has 3 heterocycles. The number of methoxy groups -OCH3 is 1. The van der Waals surface area contributed by atoms with Crippen molar-refractivity contribution >= 4 is 17.2 Å². The van der Waals surface area contributed by atoms with Crippen molar-refractivity contribution in [2.75, 3.05) is 26.7 Å². The van der Waals surface area contributed by atoms with Crippen LogP contribution in [0.25, 0.3) is 10.6 Å². The van der Waals surface area contributed by atoms with Gasteiger partial charge in [0, 0.05) is 36.1 Å². The SMILES string of the molecule is COc1ccccc1C1CNCCN1C(=O)c1csc(-c2ccoc2)n1. The number of aromatic nitrogens is 1. The molecule has 1 aromatic carbocycles. The molecule has 2 aromatic heterocycles. The Morgan fingerprint density at radius 3 is 3.08 bits per heavy atom. The molecule has 0 saturated carbocycles. The van der Waals surface area contributed by atoms with E-state index in [0.29, 0.717) is 18.8 Å². The molecule has 0 bridgehead atoms. The molecule has 1 unspecified atom stereocenters. The third kappa shape index (κ3) is 3.11. The fourth-order valence-electron chi connectivity index (χ4n) is 3.20. The number of carbonyl (C=O) groups excluding carboxylic acids is 1. The largest absolute Gasteiger partial charge is 0.496 e. The van der Waals surface area contributed by atoms with E-state index in [1.807, 2.05) is 40.6 Å². The molecule has 1 N–H and O–H groups in total. The number of hydrogen-bond donors (Lipinski definition) is 1. The molecule has 1 amide bonds. The van der Waals surface area contributed by atoms with Crippen molar-refractivity contribution in [3.8, 4) is 16.3 Å². The lowest BCUT2D eigenvalue weighted by atomic mass is 10.0. The fourth-order valence-corrected chi connectivity index (χ4v) is 3.98. The molecule has 26 heavy (non-hydrogen) atoms. The molecule has 3 aromatic rings. The summed E-state index contributed by atoms with van der Waals surface area (Å²) in [5.41, 5.74) is 2.35. The van der Waals surface area contributed by atoms with Gasteiger partial charge in [-0.3, -0.25) is 4.79 Å². The predicted octanol–water partition coefficient (Wildman–Crippen LogP) is 3.20. The van der Waals surface area contributed by atoms with Crippen molar-refractivity contribution in [1.29, 1.82) is 0 Å². The topological polar surface area (TPSA) is 67.6 Å². The quantitative estimate of drug-likeness (QED) is 0.765. The Labute approximate surface area is 155 Å². The Morgan fingerprint density at radius 2 is 2.27 bits per heavy atom. The Bertz CT molecular complexity index is 891. The van der Waals surface area contributed by atoms with E-state index in [9.17, 15) is 4.79 Å². The molecule has 6 nitrogen and oxygen atoms in total. The average molecular weight is 369 g/mol. The average Bonchev–Trinajstić information content (AvgIpc) is 3.39. The highest BCUT2D eigenvalue weighted by atomic mass is 32.1. The minimum Gasteiger partial charge on any atom is -0.496 e. The van der Waals surface area contributed by atoms with Crippen molar-refractivity contribution in [3.05, 3.63) is 59.5 Å². The van der Waals surface area contributed by atoms with Gasteiger partial charge in [-0.1, -0.05) is 18.2 Å². The molecule has 0 spiro atoms. The van der Waals surface area contributed by atoms with E-state index in [-0.39, 0.29) is 11.9 Å². The Balaban J connectivity index is 1.63. The maximum Gasteiger partial charge on any atom is 0.273 e. The van der Waals surface area contributed by atoms with Crippen molar-refractivity contribution in [2.45, 2.75) is 6.04 Å². The summed E-state index contributed by atoms with van der Waals surface area (Å²) in [6, 6.07) is 9.58. The van der Waals surface area contributed by atoms with Crippen LogP contribution in [0.2, 0.25) is 0 Å². The predicted molar refractivity (Wildman–Crippen MR) is 99.5 cm³/mol. The highest BCUT2D eigenvalue weighted by molar-refractivity contribution is 7.13. The zero-order chi connectivity index (χ0) is 17.9. The van der Waals surface area contributed by atoms with E-state index in [0.717, 1.165) is 28.4 Å². The van der Waals surface area contributed by atoms with Crippen LogP contribution in [-0.2, 0) is 0 Å². The van der Waals surface area contributed by atoms with Gasteiger partial charge in [-0.25, -0.2) is 4.98 Å². The first-order chi connectivity index (χ1) is 12.8. The van der Waals surface area contributed by atoms with E-state index in [2.05, 4.69) is 10.3 Å².